The Morgan fingerprint density at radius 3 is 2.30 bits per heavy atom. The second-order valence-electron chi connectivity index (χ2n) is 8.50. The van der Waals surface area contributed by atoms with E-state index in [9.17, 15) is 36.3 Å². The van der Waals surface area contributed by atoms with Gasteiger partial charge >= 0.3 is 5.97 Å². The summed E-state index contributed by atoms with van der Waals surface area (Å²) in [6.07, 6.45) is 0.322. The molecule has 1 aromatic carbocycles. The molecule has 2 heterocycles. The van der Waals surface area contributed by atoms with Gasteiger partial charge in [-0.2, -0.15) is 0 Å². The molecule has 2 aliphatic rings. The van der Waals surface area contributed by atoms with Crippen LogP contribution in [0.5, 0.6) is 0 Å². The van der Waals surface area contributed by atoms with Gasteiger partial charge in [0.25, 0.3) is 0 Å². The van der Waals surface area contributed by atoms with Gasteiger partial charge in [0.1, 0.15) is 6.04 Å². The van der Waals surface area contributed by atoms with E-state index >= 15 is 0 Å². The summed E-state index contributed by atoms with van der Waals surface area (Å²) < 4.78 is 49.1. The number of sulfone groups is 2. The number of nitrogens with zero attached hydrogens (tertiary/aromatic N) is 2. The van der Waals surface area contributed by atoms with Gasteiger partial charge in [0.15, 0.2) is 19.7 Å². The number of carboxylic acids is 1. The highest BCUT2D eigenvalue weighted by Gasteiger charge is 2.40. The fourth-order valence-corrected chi connectivity index (χ4v) is 7.13. The predicted octanol–water partition coefficient (Wildman–Crippen LogP) is -0.0597. The van der Waals surface area contributed by atoms with Crippen molar-refractivity contribution >= 4 is 37.5 Å². The number of rotatable bonds is 8. The smallest absolute Gasteiger partial charge is 0.326 e. The van der Waals surface area contributed by atoms with Crippen molar-refractivity contribution in [1.29, 1.82) is 0 Å². The van der Waals surface area contributed by atoms with Gasteiger partial charge in [-0.25, -0.2) is 21.6 Å². The van der Waals surface area contributed by atoms with Gasteiger partial charge in [0.05, 0.1) is 28.9 Å². The second kappa shape index (κ2) is 10.2. The largest absolute Gasteiger partial charge is 0.480 e. The van der Waals surface area contributed by atoms with Crippen LogP contribution in [0, 0.1) is 5.92 Å². The summed E-state index contributed by atoms with van der Waals surface area (Å²) >= 11 is 0. The van der Waals surface area contributed by atoms with Crippen LogP contribution in [-0.4, -0.2) is 92.5 Å². The zero-order chi connectivity index (χ0) is 24.2. The number of aliphatic carboxylic acids is 1. The molecule has 2 atom stereocenters. The van der Waals surface area contributed by atoms with E-state index < -0.39 is 61.6 Å². The summed E-state index contributed by atoms with van der Waals surface area (Å²) in [4.78, 5) is 40.1. The van der Waals surface area contributed by atoms with E-state index in [1.807, 2.05) is 0 Å². The van der Waals surface area contributed by atoms with Gasteiger partial charge in [0.2, 0.25) is 11.8 Å². The molecule has 2 aliphatic heterocycles. The molecule has 0 saturated carbocycles. The molecule has 0 unspecified atom stereocenters. The van der Waals surface area contributed by atoms with E-state index in [4.69, 9.17) is 0 Å². The molecule has 0 aliphatic carbocycles. The molecule has 0 spiro atoms. The van der Waals surface area contributed by atoms with Crippen molar-refractivity contribution < 1.29 is 36.3 Å². The van der Waals surface area contributed by atoms with Crippen LogP contribution in [0.15, 0.2) is 30.3 Å². The third kappa shape index (κ3) is 6.76. The summed E-state index contributed by atoms with van der Waals surface area (Å²) in [5.41, 5.74) is 0.542. The van der Waals surface area contributed by atoms with Gasteiger partial charge in [-0.15, -0.1) is 0 Å². The van der Waals surface area contributed by atoms with E-state index in [-0.39, 0.29) is 43.3 Å². The number of carboxylic acid groups (broad SMARTS) is 1. The lowest BCUT2D eigenvalue weighted by molar-refractivity contribution is -0.150. The number of amides is 2. The Morgan fingerprint density at radius 1 is 1.06 bits per heavy atom. The molecular formula is C21H28N2O8S2. The zero-order valence-corrected chi connectivity index (χ0v) is 19.8. The summed E-state index contributed by atoms with van der Waals surface area (Å²) in [5, 5.41) is 9.43. The lowest BCUT2D eigenvalue weighted by atomic mass is 10.0. The van der Waals surface area contributed by atoms with E-state index in [1.165, 1.54) is 4.90 Å². The van der Waals surface area contributed by atoms with Gasteiger partial charge in [-0.1, -0.05) is 30.3 Å². The van der Waals surface area contributed by atoms with Crippen LogP contribution in [0.4, 0.5) is 0 Å². The number of hydrogen-bond donors (Lipinski definition) is 1. The maximum atomic E-state index is 13.2. The molecule has 0 radical (unpaired) electrons. The zero-order valence-electron chi connectivity index (χ0n) is 18.1. The fourth-order valence-electron chi connectivity index (χ4n) is 4.23. The van der Waals surface area contributed by atoms with Crippen molar-refractivity contribution in [3.63, 3.8) is 0 Å². The standard InChI is InChI=1S/C21H28N2O8S2/c24-19(22-9-11-32(28,29)12-10-22)13-17(20(25)23-8-4-7-18(23)21(26)27)15-33(30,31)14-16-5-2-1-3-6-16/h1-3,5-6,17-18H,4,7-15H2,(H,26,27)/t17-,18-/m0/s1. The second-order valence-corrected chi connectivity index (χ2v) is 12.9. The summed E-state index contributed by atoms with van der Waals surface area (Å²) in [6, 6.07) is 7.39. The molecule has 2 fully saturated rings. The third-order valence-corrected chi connectivity index (χ3v) is 9.27. The Bertz CT molecular complexity index is 1090. The number of hydrogen-bond acceptors (Lipinski definition) is 7. The van der Waals surface area contributed by atoms with Crippen LogP contribution >= 0.6 is 0 Å². The van der Waals surface area contributed by atoms with Crippen LogP contribution in [0.3, 0.4) is 0 Å². The van der Waals surface area contributed by atoms with Crippen molar-refractivity contribution in [2.45, 2.75) is 31.1 Å². The summed E-state index contributed by atoms with van der Waals surface area (Å²) in [7, 11) is -7.02. The number of carbonyl (C=O) groups excluding carboxylic acids is 2. The highest BCUT2D eigenvalue weighted by molar-refractivity contribution is 7.91. The molecule has 12 heteroatoms. The first-order valence-electron chi connectivity index (χ1n) is 10.7. The third-order valence-electron chi connectivity index (χ3n) is 5.97. The van der Waals surface area contributed by atoms with E-state index in [2.05, 4.69) is 0 Å². The molecule has 1 N–H and O–H groups in total. The average molecular weight is 501 g/mol. The van der Waals surface area contributed by atoms with Gasteiger partial charge in [0, 0.05) is 26.1 Å². The Labute approximate surface area is 193 Å². The molecule has 182 valence electrons. The van der Waals surface area contributed by atoms with Crippen LogP contribution < -0.4 is 0 Å². The monoisotopic (exact) mass is 500 g/mol. The molecule has 3 rings (SSSR count). The van der Waals surface area contributed by atoms with Crippen molar-refractivity contribution in [2.24, 2.45) is 5.92 Å². The minimum atomic E-state index is -3.80. The minimum Gasteiger partial charge on any atom is -0.480 e. The van der Waals surface area contributed by atoms with Crippen molar-refractivity contribution in [1.82, 2.24) is 9.80 Å². The quantitative estimate of drug-likeness (QED) is 0.522. The maximum Gasteiger partial charge on any atom is 0.326 e. The molecular weight excluding hydrogens is 472 g/mol. The minimum absolute atomic E-state index is 0.0136. The SMILES string of the molecule is O=C(O)[C@@H]1CCCN1C(=O)[C@@H](CC(=O)N1CCS(=O)(=O)CC1)CS(=O)(=O)Cc1ccccc1. The lowest BCUT2D eigenvalue weighted by Crippen LogP contribution is -2.48. The first-order valence-corrected chi connectivity index (χ1v) is 14.4. The van der Waals surface area contributed by atoms with Crippen molar-refractivity contribution in [2.75, 3.05) is 36.9 Å². The molecule has 0 bridgehead atoms. The maximum absolute atomic E-state index is 13.2. The molecule has 2 saturated heterocycles. The molecule has 2 amide bonds. The predicted molar refractivity (Wildman–Crippen MR) is 120 cm³/mol. The molecule has 0 aromatic heterocycles. The topological polar surface area (TPSA) is 146 Å². The molecule has 10 nitrogen and oxygen atoms in total. The highest BCUT2D eigenvalue weighted by Crippen LogP contribution is 2.24. The average Bonchev–Trinajstić information content (AvgIpc) is 3.23. The van der Waals surface area contributed by atoms with Crippen LogP contribution in [0.25, 0.3) is 0 Å². The van der Waals surface area contributed by atoms with Gasteiger partial charge < -0.3 is 14.9 Å². The van der Waals surface area contributed by atoms with Gasteiger partial charge in [-0.05, 0) is 18.4 Å². The van der Waals surface area contributed by atoms with E-state index in [0.29, 0.717) is 12.0 Å². The fraction of sp³-hybridized carbons (Fsp3) is 0.571. The number of benzene rings is 1. The first-order chi connectivity index (χ1) is 15.5. The summed E-state index contributed by atoms with van der Waals surface area (Å²) in [6.45, 7) is 0.155. The highest BCUT2D eigenvalue weighted by atomic mass is 32.2. The van der Waals surface area contributed by atoms with Crippen LogP contribution in [-0.2, 0) is 39.8 Å². The summed E-state index contributed by atoms with van der Waals surface area (Å²) in [5.74, 6) is -4.87. The van der Waals surface area contributed by atoms with Crippen molar-refractivity contribution in [3.8, 4) is 0 Å². The molecule has 33 heavy (non-hydrogen) atoms. The first kappa shape index (κ1) is 25.2. The Balaban J connectivity index is 1.79. The normalized spacial score (nSPS) is 21.5. The molecule has 1 aromatic rings. The number of likely N-dealkylation sites (tertiary alicyclic amines) is 1. The van der Waals surface area contributed by atoms with Gasteiger partial charge in [-0.3, -0.25) is 9.59 Å². The van der Waals surface area contributed by atoms with E-state index in [1.54, 1.807) is 30.3 Å². The van der Waals surface area contributed by atoms with Crippen LogP contribution in [0.2, 0.25) is 0 Å². The van der Waals surface area contributed by atoms with Crippen molar-refractivity contribution in [3.05, 3.63) is 35.9 Å². The Morgan fingerprint density at radius 2 is 1.70 bits per heavy atom. The Hall–Kier alpha value is -2.47. The lowest BCUT2D eigenvalue weighted by Gasteiger charge is -2.30. The van der Waals surface area contributed by atoms with Crippen LogP contribution in [0.1, 0.15) is 24.8 Å². The van der Waals surface area contributed by atoms with E-state index in [0.717, 1.165) is 4.90 Å². The Kier molecular flexibility index (Phi) is 7.78. The number of carbonyl (C=O) groups is 3.